The van der Waals surface area contributed by atoms with Crippen molar-refractivity contribution in [1.29, 1.82) is 0 Å². The first-order valence-electron chi connectivity index (χ1n) is 9.89. The predicted molar refractivity (Wildman–Crippen MR) is 114 cm³/mol. The predicted octanol–water partition coefficient (Wildman–Crippen LogP) is 2.22. The quantitative estimate of drug-likeness (QED) is 0.543. The normalized spacial score (nSPS) is 15.8. The summed E-state index contributed by atoms with van der Waals surface area (Å²) in [4.78, 5) is 22.1. The summed E-state index contributed by atoms with van der Waals surface area (Å²) in [6, 6.07) is 9.98. The Bertz CT molecular complexity index is 1420. The molecule has 1 aliphatic heterocycles. The summed E-state index contributed by atoms with van der Waals surface area (Å²) in [6.07, 6.45) is 4.70. The molecule has 0 atom stereocenters. The van der Waals surface area contributed by atoms with Crippen LogP contribution < -0.4 is 10.9 Å². The number of hydrogen-bond donors (Lipinski definition) is 1. The second-order valence-corrected chi connectivity index (χ2v) is 9.33. The average molecular weight is 423 g/mol. The first-order chi connectivity index (χ1) is 14.5. The van der Waals surface area contributed by atoms with E-state index in [-0.39, 0.29) is 16.5 Å². The highest BCUT2D eigenvalue weighted by molar-refractivity contribution is 7.90. The molecule has 30 heavy (non-hydrogen) atoms. The summed E-state index contributed by atoms with van der Waals surface area (Å²) in [5, 5.41) is 3.93. The van der Waals surface area contributed by atoms with E-state index >= 15 is 0 Å². The lowest BCUT2D eigenvalue weighted by molar-refractivity contribution is 0.368. The van der Waals surface area contributed by atoms with E-state index in [1.807, 2.05) is 0 Å². The smallest absolute Gasteiger partial charge is 0.272 e. The van der Waals surface area contributed by atoms with Gasteiger partial charge in [-0.2, -0.15) is 0 Å². The number of benzene rings is 1. The van der Waals surface area contributed by atoms with E-state index in [0.717, 1.165) is 25.9 Å². The van der Waals surface area contributed by atoms with Crippen LogP contribution in [-0.4, -0.2) is 40.0 Å². The molecular weight excluding hydrogens is 402 g/mol. The van der Waals surface area contributed by atoms with Crippen molar-refractivity contribution in [1.82, 2.24) is 23.8 Å². The lowest BCUT2D eigenvalue weighted by Crippen LogP contribution is -2.35. The zero-order chi connectivity index (χ0) is 20.9. The van der Waals surface area contributed by atoms with Gasteiger partial charge in [-0.15, -0.1) is 0 Å². The Kier molecular flexibility index (Phi) is 4.44. The minimum Gasteiger partial charge on any atom is -0.317 e. The molecule has 1 N–H and O–H groups in total. The third-order valence-electron chi connectivity index (χ3n) is 5.66. The van der Waals surface area contributed by atoms with Gasteiger partial charge in [0, 0.05) is 17.6 Å². The van der Waals surface area contributed by atoms with Gasteiger partial charge in [-0.25, -0.2) is 22.4 Å². The molecule has 0 saturated carbocycles. The topological polar surface area (TPSA) is 98.9 Å². The van der Waals surface area contributed by atoms with Gasteiger partial charge in [-0.1, -0.05) is 18.2 Å². The van der Waals surface area contributed by atoms with E-state index in [0.29, 0.717) is 27.8 Å². The molecule has 1 fully saturated rings. The van der Waals surface area contributed by atoms with Gasteiger partial charge in [0.05, 0.1) is 16.6 Å². The lowest BCUT2D eigenvalue weighted by atomic mass is 10.1. The van der Waals surface area contributed by atoms with Crippen molar-refractivity contribution in [2.45, 2.75) is 30.7 Å². The average Bonchev–Trinajstić information content (AvgIpc) is 3.21. The first-order valence-corrected chi connectivity index (χ1v) is 11.3. The van der Waals surface area contributed by atoms with Crippen LogP contribution in [0.1, 0.15) is 24.6 Å². The van der Waals surface area contributed by atoms with Gasteiger partial charge >= 0.3 is 0 Å². The van der Waals surface area contributed by atoms with Crippen molar-refractivity contribution in [3.63, 3.8) is 0 Å². The van der Waals surface area contributed by atoms with Gasteiger partial charge in [0.2, 0.25) is 0 Å². The molecule has 5 rings (SSSR count). The Balaban J connectivity index is 1.81. The van der Waals surface area contributed by atoms with Crippen molar-refractivity contribution < 1.29 is 8.42 Å². The Morgan fingerprint density at radius 1 is 1.10 bits per heavy atom. The Labute approximate surface area is 173 Å². The van der Waals surface area contributed by atoms with Crippen LogP contribution in [0.25, 0.3) is 22.1 Å². The van der Waals surface area contributed by atoms with Crippen LogP contribution >= 0.6 is 0 Å². The summed E-state index contributed by atoms with van der Waals surface area (Å²) < 4.78 is 29.3. The Morgan fingerprint density at radius 2 is 1.83 bits per heavy atom. The van der Waals surface area contributed by atoms with E-state index in [9.17, 15) is 13.2 Å². The van der Waals surface area contributed by atoms with Crippen molar-refractivity contribution in [3.05, 3.63) is 64.8 Å². The summed E-state index contributed by atoms with van der Waals surface area (Å²) >= 11 is 0. The number of hydrogen-bond acceptors (Lipinski definition) is 6. The third-order valence-corrected chi connectivity index (χ3v) is 7.34. The maximum atomic E-state index is 13.2. The first kappa shape index (κ1) is 19.0. The molecule has 0 aliphatic carbocycles. The van der Waals surface area contributed by atoms with Crippen LogP contribution in [-0.2, 0) is 10.0 Å². The van der Waals surface area contributed by atoms with Crippen molar-refractivity contribution in [3.8, 4) is 0 Å². The molecule has 154 valence electrons. The molecule has 4 heterocycles. The fourth-order valence-corrected chi connectivity index (χ4v) is 5.51. The van der Waals surface area contributed by atoms with Gasteiger partial charge in [0.15, 0.2) is 5.65 Å². The molecule has 1 aliphatic rings. The van der Waals surface area contributed by atoms with E-state index in [4.69, 9.17) is 0 Å². The zero-order valence-electron chi connectivity index (χ0n) is 16.4. The molecule has 3 aromatic heterocycles. The van der Waals surface area contributed by atoms with Crippen molar-refractivity contribution in [2.24, 2.45) is 0 Å². The number of piperidine rings is 1. The van der Waals surface area contributed by atoms with Crippen LogP contribution in [0, 0.1) is 6.92 Å². The molecular formula is C21H21N5O3S. The largest absolute Gasteiger partial charge is 0.317 e. The third kappa shape index (κ3) is 2.85. The van der Waals surface area contributed by atoms with Gasteiger partial charge < -0.3 is 9.88 Å². The monoisotopic (exact) mass is 423 g/mol. The maximum absolute atomic E-state index is 13.2. The number of nitrogens with zero attached hydrogens (tertiary/aromatic N) is 4. The number of nitrogens with one attached hydrogen (secondary N) is 1. The fourth-order valence-electron chi connectivity index (χ4n) is 4.19. The molecule has 0 spiro atoms. The molecule has 9 heteroatoms. The molecule has 0 bridgehead atoms. The lowest BCUT2D eigenvalue weighted by Gasteiger charge is -2.26. The number of pyridine rings is 1. The number of fused-ring (bicyclic) bond motifs is 3. The summed E-state index contributed by atoms with van der Waals surface area (Å²) in [6.45, 7) is 3.36. The standard InChI is InChI=1S/C21H21N5O3S/c1-14-21(27)26(15-7-10-22-11-8-15)19-17-9-12-25(20(17)23-13-18(19)24-14)30(28,29)16-5-3-2-4-6-16/h2-6,9,12-13,15,22H,7-8,10-11H2,1H3. The number of rotatable bonds is 3. The highest BCUT2D eigenvalue weighted by Gasteiger charge is 2.25. The summed E-state index contributed by atoms with van der Waals surface area (Å²) in [5.41, 5.74) is 1.80. The second-order valence-electron chi connectivity index (χ2n) is 7.51. The molecule has 0 amide bonds. The summed E-state index contributed by atoms with van der Waals surface area (Å²) in [7, 11) is -3.81. The molecule has 1 aromatic carbocycles. The van der Waals surface area contributed by atoms with E-state index in [1.54, 1.807) is 54.1 Å². The van der Waals surface area contributed by atoms with Crippen LogP contribution in [0.15, 0.2) is 58.5 Å². The van der Waals surface area contributed by atoms with Crippen LogP contribution in [0.2, 0.25) is 0 Å². The van der Waals surface area contributed by atoms with E-state index < -0.39 is 10.0 Å². The summed E-state index contributed by atoms with van der Waals surface area (Å²) in [5.74, 6) is 0. The van der Waals surface area contributed by atoms with Gasteiger partial charge in [-0.05, 0) is 51.1 Å². The zero-order valence-corrected chi connectivity index (χ0v) is 17.3. The van der Waals surface area contributed by atoms with Gasteiger partial charge in [0.25, 0.3) is 15.6 Å². The molecule has 8 nitrogen and oxygen atoms in total. The molecule has 0 radical (unpaired) electrons. The second kappa shape index (κ2) is 7.03. The van der Waals surface area contributed by atoms with Gasteiger partial charge in [0.1, 0.15) is 11.2 Å². The Hall–Kier alpha value is -3.04. The highest BCUT2D eigenvalue weighted by atomic mass is 32.2. The molecule has 1 saturated heterocycles. The molecule has 4 aromatic rings. The maximum Gasteiger partial charge on any atom is 0.272 e. The van der Waals surface area contributed by atoms with E-state index in [2.05, 4.69) is 15.3 Å². The SMILES string of the molecule is Cc1nc2cnc3c(ccn3S(=O)(=O)c3ccccc3)c2n(C2CCNCC2)c1=O. The van der Waals surface area contributed by atoms with Gasteiger partial charge in [-0.3, -0.25) is 4.79 Å². The minimum atomic E-state index is -3.81. The Morgan fingerprint density at radius 3 is 2.57 bits per heavy atom. The minimum absolute atomic E-state index is 0.0302. The van der Waals surface area contributed by atoms with Crippen LogP contribution in [0.5, 0.6) is 0 Å². The van der Waals surface area contributed by atoms with Crippen LogP contribution in [0.3, 0.4) is 0 Å². The van der Waals surface area contributed by atoms with E-state index in [1.165, 1.54) is 10.2 Å². The number of aryl methyl sites for hydroxylation is 1. The highest BCUT2D eigenvalue weighted by Crippen LogP contribution is 2.29. The van der Waals surface area contributed by atoms with Crippen LogP contribution in [0.4, 0.5) is 0 Å². The fraction of sp³-hybridized carbons (Fsp3) is 0.286. The van der Waals surface area contributed by atoms with Crippen molar-refractivity contribution in [2.75, 3.05) is 13.1 Å². The van der Waals surface area contributed by atoms with Crippen molar-refractivity contribution >= 4 is 32.1 Å². The molecule has 0 unspecified atom stereocenters. The number of aromatic nitrogens is 4.